The predicted octanol–water partition coefficient (Wildman–Crippen LogP) is 2.69. The van der Waals surface area contributed by atoms with Crippen LogP contribution in [0.15, 0.2) is 18.3 Å². The summed E-state index contributed by atoms with van der Waals surface area (Å²) in [6.45, 7) is 2.11. The zero-order valence-electron chi connectivity index (χ0n) is 9.71. The second-order valence-corrected chi connectivity index (χ2v) is 3.56. The first-order chi connectivity index (χ1) is 7.99. The summed E-state index contributed by atoms with van der Waals surface area (Å²) in [5, 5.41) is 2.46. The van der Waals surface area contributed by atoms with Crippen molar-refractivity contribution in [3.63, 3.8) is 0 Å². The van der Waals surface area contributed by atoms with Gasteiger partial charge < -0.3 is 10.1 Å². The van der Waals surface area contributed by atoms with Crippen LogP contribution in [0.1, 0.15) is 24.9 Å². The maximum atomic E-state index is 12.8. The van der Waals surface area contributed by atoms with Gasteiger partial charge in [-0.25, -0.2) is 4.98 Å². The van der Waals surface area contributed by atoms with Crippen LogP contribution >= 0.6 is 0 Å². The van der Waals surface area contributed by atoms with Gasteiger partial charge in [-0.15, -0.1) is 0 Å². The number of halogens is 3. The van der Waals surface area contributed by atoms with Crippen LogP contribution in [-0.2, 0) is 0 Å². The summed E-state index contributed by atoms with van der Waals surface area (Å²) >= 11 is 0. The first-order valence-corrected chi connectivity index (χ1v) is 5.29. The molecule has 1 heterocycles. The Morgan fingerprint density at radius 3 is 2.53 bits per heavy atom. The van der Waals surface area contributed by atoms with Crippen molar-refractivity contribution in [2.24, 2.45) is 0 Å². The molecule has 0 spiro atoms. The van der Waals surface area contributed by atoms with E-state index in [1.165, 1.54) is 25.4 Å². The van der Waals surface area contributed by atoms with Crippen LogP contribution in [0.3, 0.4) is 0 Å². The Kier molecular flexibility index (Phi) is 4.74. The topological polar surface area (TPSA) is 34.1 Å². The molecule has 0 fully saturated rings. The van der Waals surface area contributed by atoms with E-state index < -0.39 is 12.2 Å². The quantitative estimate of drug-likeness (QED) is 0.870. The van der Waals surface area contributed by atoms with Crippen molar-refractivity contribution in [3.05, 3.63) is 23.9 Å². The molecule has 6 heteroatoms. The number of nitrogens with zero attached hydrogens (tertiary/aromatic N) is 1. The van der Waals surface area contributed by atoms with Gasteiger partial charge in [-0.3, -0.25) is 0 Å². The van der Waals surface area contributed by atoms with E-state index in [1.807, 2.05) is 6.92 Å². The van der Waals surface area contributed by atoms with Crippen LogP contribution in [0.5, 0.6) is 5.88 Å². The van der Waals surface area contributed by atoms with Crippen molar-refractivity contribution in [2.45, 2.75) is 25.6 Å². The Hall–Kier alpha value is -1.30. The molecule has 1 atom stereocenters. The average molecular weight is 248 g/mol. The van der Waals surface area contributed by atoms with E-state index in [2.05, 4.69) is 10.3 Å². The Bertz CT molecular complexity index is 338. The summed E-state index contributed by atoms with van der Waals surface area (Å²) in [6.07, 6.45) is -2.51. The Morgan fingerprint density at radius 1 is 1.41 bits per heavy atom. The fourth-order valence-electron chi connectivity index (χ4n) is 1.39. The number of ether oxygens (including phenoxy) is 1. The van der Waals surface area contributed by atoms with Crippen molar-refractivity contribution < 1.29 is 17.9 Å². The molecule has 0 saturated heterocycles. The standard InChI is InChI=1S/C11H15F3N2O/c1-3-6-15-10(11(12,13)14)8-4-5-9(17-2)16-7-8/h4-5,7,10,15H,3,6H2,1-2H3. The van der Waals surface area contributed by atoms with Crippen molar-refractivity contribution in [1.82, 2.24) is 10.3 Å². The summed E-state index contributed by atoms with van der Waals surface area (Å²) in [4.78, 5) is 3.78. The fourth-order valence-corrected chi connectivity index (χ4v) is 1.39. The monoisotopic (exact) mass is 248 g/mol. The predicted molar refractivity (Wildman–Crippen MR) is 57.9 cm³/mol. The van der Waals surface area contributed by atoms with E-state index >= 15 is 0 Å². The van der Waals surface area contributed by atoms with Gasteiger partial charge in [-0.05, 0) is 18.5 Å². The second kappa shape index (κ2) is 5.86. The number of rotatable bonds is 5. The number of nitrogens with one attached hydrogen (secondary N) is 1. The molecule has 0 saturated carbocycles. The van der Waals surface area contributed by atoms with Crippen molar-refractivity contribution in [1.29, 1.82) is 0 Å². The highest BCUT2D eigenvalue weighted by Gasteiger charge is 2.40. The molecule has 0 aliphatic carbocycles. The van der Waals surface area contributed by atoms with Gasteiger partial charge in [0.15, 0.2) is 0 Å². The van der Waals surface area contributed by atoms with E-state index in [0.717, 1.165) is 0 Å². The third-order valence-electron chi connectivity index (χ3n) is 2.23. The van der Waals surface area contributed by atoms with Gasteiger partial charge in [0.05, 0.1) is 7.11 Å². The van der Waals surface area contributed by atoms with Gasteiger partial charge in [0.1, 0.15) is 6.04 Å². The summed E-state index contributed by atoms with van der Waals surface area (Å²) in [6, 6.07) is 1.11. The molecule has 0 aliphatic rings. The molecular weight excluding hydrogens is 233 g/mol. The van der Waals surface area contributed by atoms with E-state index in [-0.39, 0.29) is 5.56 Å². The molecule has 96 valence electrons. The molecule has 1 N–H and O–H groups in total. The van der Waals surface area contributed by atoms with Gasteiger partial charge in [0.25, 0.3) is 0 Å². The second-order valence-electron chi connectivity index (χ2n) is 3.56. The van der Waals surface area contributed by atoms with Crippen molar-refractivity contribution in [3.8, 4) is 5.88 Å². The molecular formula is C11H15F3N2O. The number of methoxy groups -OCH3 is 1. The van der Waals surface area contributed by atoms with Crippen LogP contribution in [0.2, 0.25) is 0 Å². The smallest absolute Gasteiger partial charge is 0.407 e. The van der Waals surface area contributed by atoms with Crippen LogP contribution < -0.4 is 10.1 Å². The van der Waals surface area contributed by atoms with Gasteiger partial charge in [-0.1, -0.05) is 13.0 Å². The zero-order chi connectivity index (χ0) is 12.9. The summed E-state index contributed by atoms with van der Waals surface area (Å²) < 4.78 is 43.2. The summed E-state index contributed by atoms with van der Waals surface area (Å²) in [7, 11) is 1.42. The molecule has 0 radical (unpaired) electrons. The van der Waals surface area contributed by atoms with Gasteiger partial charge in [0, 0.05) is 12.3 Å². The maximum Gasteiger partial charge on any atom is 0.407 e. The maximum absolute atomic E-state index is 12.8. The molecule has 1 unspecified atom stereocenters. The highest BCUT2D eigenvalue weighted by molar-refractivity contribution is 5.22. The Labute approximate surface area is 98.0 Å². The van der Waals surface area contributed by atoms with Gasteiger partial charge in [-0.2, -0.15) is 13.2 Å². The minimum absolute atomic E-state index is 0.0896. The molecule has 0 aliphatic heterocycles. The Morgan fingerprint density at radius 2 is 2.12 bits per heavy atom. The minimum Gasteiger partial charge on any atom is -0.481 e. The molecule has 0 bridgehead atoms. The molecule has 17 heavy (non-hydrogen) atoms. The highest BCUT2D eigenvalue weighted by Crippen LogP contribution is 2.32. The first-order valence-electron chi connectivity index (χ1n) is 5.29. The van der Waals surface area contributed by atoms with Crippen LogP contribution in [-0.4, -0.2) is 24.8 Å². The average Bonchev–Trinajstić information content (AvgIpc) is 2.29. The largest absolute Gasteiger partial charge is 0.481 e. The van der Waals surface area contributed by atoms with Gasteiger partial charge in [0.2, 0.25) is 5.88 Å². The molecule has 0 amide bonds. The number of alkyl halides is 3. The van der Waals surface area contributed by atoms with Crippen LogP contribution in [0, 0.1) is 0 Å². The minimum atomic E-state index is -4.33. The van der Waals surface area contributed by atoms with E-state index in [4.69, 9.17) is 4.74 Å². The third kappa shape index (κ3) is 3.89. The number of hydrogen-bond donors (Lipinski definition) is 1. The number of hydrogen-bond acceptors (Lipinski definition) is 3. The SMILES string of the molecule is CCCNC(c1ccc(OC)nc1)C(F)(F)F. The lowest BCUT2D eigenvalue weighted by atomic mass is 10.1. The zero-order valence-corrected chi connectivity index (χ0v) is 9.71. The Balaban J connectivity index is 2.88. The number of aromatic nitrogens is 1. The lowest BCUT2D eigenvalue weighted by Gasteiger charge is -2.21. The molecule has 1 aromatic rings. The molecule has 3 nitrogen and oxygen atoms in total. The van der Waals surface area contributed by atoms with Crippen LogP contribution in [0.4, 0.5) is 13.2 Å². The number of pyridine rings is 1. The summed E-state index contributed by atoms with van der Waals surface area (Å²) in [5.74, 6) is 0.296. The van der Waals surface area contributed by atoms with Gasteiger partial charge >= 0.3 is 6.18 Å². The fraction of sp³-hybridized carbons (Fsp3) is 0.545. The van der Waals surface area contributed by atoms with E-state index in [0.29, 0.717) is 18.8 Å². The highest BCUT2D eigenvalue weighted by atomic mass is 19.4. The van der Waals surface area contributed by atoms with E-state index in [9.17, 15) is 13.2 Å². The van der Waals surface area contributed by atoms with E-state index in [1.54, 1.807) is 0 Å². The lowest BCUT2D eigenvalue weighted by molar-refractivity contribution is -0.157. The van der Waals surface area contributed by atoms with Crippen molar-refractivity contribution >= 4 is 0 Å². The molecule has 0 aromatic carbocycles. The van der Waals surface area contributed by atoms with Crippen molar-refractivity contribution in [2.75, 3.05) is 13.7 Å². The third-order valence-corrected chi connectivity index (χ3v) is 2.23. The molecule has 1 aromatic heterocycles. The summed E-state index contributed by atoms with van der Waals surface area (Å²) in [5.41, 5.74) is 0.0896. The molecule has 1 rings (SSSR count). The lowest BCUT2D eigenvalue weighted by Crippen LogP contribution is -2.34. The normalized spacial score (nSPS) is 13.5. The van der Waals surface area contributed by atoms with Crippen LogP contribution in [0.25, 0.3) is 0 Å². The first kappa shape index (κ1) is 13.8.